The van der Waals surface area contributed by atoms with Gasteiger partial charge in [0.05, 0.1) is 10.6 Å². The fraction of sp³-hybridized carbons (Fsp3) is 0.391. The minimum absolute atomic E-state index is 0.184. The van der Waals surface area contributed by atoms with Crippen molar-refractivity contribution >= 4 is 38.3 Å². The standard InChI is InChI=1S/C23H26ClNO3S/c1-14-11-22-19(18-12-15(23(2,3)4)5-10-21(18)28-22)13-20(14)25-29(26,27)17-8-6-16(24)7-9-17/h6-9,11,13,15,25H,5,10,12H2,1-4H3/t15-/m1/s1. The number of hydrogen-bond donors (Lipinski definition) is 1. The van der Waals surface area contributed by atoms with E-state index in [0.717, 1.165) is 41.6 Å². The van der Waals surface area contributed by atoms with E-state index in [1.807, 2.05) is 19.1 Å². The third-order valence-electron chi connectivity index (χ3n) is 5.98. The molecule has 2 aromatic carbocycles. The van der Waals surface area contributed by atoms with Crippen molar-refractivity contribution in [3.05, 3.63) is 58.3 Å². The Labute approximate surface area is 177 Å². The zero-order valence-electron chi connectivity index (χ0n) is 17.2. The van der Waals surface area contributed by atoms with Crippen molar-refractivity contribution in [1.82, 2.24) is 0 Å². The number of anilines is 1. The molecule has 1 atom stereocenters. The molecule has 0 spiro atoms. The number of benzene rings is 2. The van der Waals surface area contributed by atoms with Gasteiger partial charge in [0.2, 0.25) is 0 Å². The van der Waals surface area contributed by atoms with Crippen molar-refractivity contribution in [2.45, 2.75) is 51.9 Å². The molecular weight excluding hydrogens is 406 g/mol. The average Bonchev–Trinajstić information content (AvgIpc) is 2.98. The van der Waals surface area contributed by atoms with Gasteiger partial charge in [0, 0.05) is 22.4 Å². The van der Waals surface area contributed by atoms with Gasteiger partial charge in [-0.3, -0.25) is 4.72 Å². The molecule has 4 rings (SSSR count). The summed E-state index contributed by atoms with van der Waals surface area (Å²) in [5.41, 5.74) is 3.68. The number of halogens is 1. The first-order valence-corrected chi connectivity index (χ1v) is 11.7. The van der Waals surface area contributed by atoms with Gasteiger partial charge in [-0.15, -0.1) is 0 Å². The molecule has 0 saturated carbocycles. The summed E-state index contributed by atoms with van der Waals surface area (Å²) in [4.78, 5) is 0.184. The van der Waals surface area contributed by atoms with Crippen LogP contribution in [0.15, 0.2) is 45.7 Å². The van der Waals surface area contributed by atoms with Crippen LogP contribution in [0, 0.1) is 18.3 Å². The first-order valence-electron chi connectivity index (χ1n) is 9.88. The molecule has 1 N–H and O–H groups in total. The summed E-state index contributed by atoms with van der Waals surface area (Å²) in [6.45, 7) is 8.72. The second kappa shape index (κ2) is 7.06. The second-order valence-corrected chi connectivity index (χ2v) is 11.2. The van der Waals surface area contributed by atoms with Crippen LogP contribution in [0.25, 0.3) is 11.0 Å². The summed E-state index contributed by atoms with van der Waals surface area (Å²) < 4.78 is 34.5. The summed E-state index contributed by atoms with van der Waals surface area (Å²) in [6, 6.07) is 10.0. The zero-order chi connectivity index (χ0) is 21.0. The number of fused-ring (bicyclic) bond motifs is 3. The molecule has 1 aliphatic rings. The number of rotatable bonds is 3. The minimum atomic E-state index is -3.70. The van der Waals surface area contributed by atoms with Crippen molar-refractivity contribution in [3.8, 4) is 0 Å². The van der Waals surface area contributed by atoms with Crippen molar-refractivity contribution in [2.24, 2.45) is 11.3 Å². The SMILES string of the molecule is Cc1cc2oc3c(c2cc1NS(=O)(=O)c1ccc(Cl)cc1)C[C@H](C(C)(C)C)CC3. The van der Waals surface area contributed by atoms with Crippen LogP contribution in [0.3, 0.4) is 0 Å². The predicted molar refractivity (Wildman–Crippen MR) is 118 cm³/mol. The van der Waals surface area contributed by atoms with Crippen LogP contribution in [0.2, 0.25) is 5.02 Å². The highest BCUT2D eigenvalue weighted by Gasteiger charge is 2.32. The van der Waals surface area contributed by atoms with E-state index >= 15 is 0 Å². The van der Waals surface area contributed by atoms with Crippen LogP contribution in [0.4, 0.5) is 5.69 Å². The third-order valence-corrected chi connectivity index (χ3v) is 7.62. The van der Waals surface area contributed by atoms with Gasteiger partial charge in [-0.25, -0.2) is 8.42 Å². The molecule has 0 aliphatic heterocycles. The first kappa shape index (κ1) is 20.3. The summed E-state index contributed by atoms with van der Waals surface area (Å²) in [7, 11) is -3.70. The molecule has 0 radical (unpaired) electrons. The van der Waals surface area contributed by atoms with E-state index in [4.69, 9.17) is 16.0 Å². The van der Waals surface area contributed by atoms with Gasteiger partial charge in [-0.05, 0) is 73.1 Å². The number of nitrogens with one attached hydrogen (secondary N) is 1. The van der Waals surface area contributed by atoms with Crippen molar-refractivity contribution in [2.75, 3.05) is 4.72 Å². The van der Waals surface area contributed by atoms with E-state index in [9.17, 15) is 8.42 Å². The predicted octanol–water partition coefficient (Wildman–Crippen LogP) is 6.35. The van der Waals surface area contributed by atoms with Crippen LogP contribution in [0.1, 0.15) is 44.1 Å². The summed E-state index contributed by atoms with van der Waals surface area (Å²) in [5.74, 6) is 1.61. The first-order chi connectivity index (χ1) is 13.5. The Hall–Kier alpha value is -1.98. The third kappa shape index (κ3) is 3.90. The molecule has 4 nitrogen and oxygen atoms in total. The monoisotopic (exact) mass is 431 g/mol. The van der Waals surface area contributed by atoms with E-state index in [1.54, 1.807) is 12.1 Å². The Morgan fingerprint density at radius 3 is 2.48 bits per heavy atom. The minimum Gasteiger partial charge on any atom is -0.461 e. The molecule has 0 unspecified atom stereocenters. The van der Waals surface area contributed by atoms with Crippen LogP contribution in [-0.4, -0.2) is 8.42 Å². The maximum Gasteiger partial charge on any atom is 0.261 e. The molecule has 0 fully saturated rings. The summed E-state index contributed by atoms with van der Waals surface area (Å²) >= 11 is 5.89. The Kier molecular flexibility index (Phi) is 4.94. The Morgan fingerprint density at radius 2 is 1.83 bits per heavy atom. The Balaban J connectivity index is 1.73. The van der Waals surface area contributed by atoms with E-state index < -0.39 is 10.0 Å². The van der Waals surface area contributed by atoms with Gasteiger partial charge in [-0.2, -0.15) is 0 Å². The average molecular weight is 432 g/mol. The van der Waals surface area contributed by atoms with Crippen molar-refractivity contribution < 1.29 is 12.8 Å². The molecule has 0 saturated heterocycles. The number of aryl methyl sites for hydroxylation is 2. The number of sulfonamides is 1. The van der Waals surface area contributed by atoms with Gasteiger partial charge in [0.15, 0.2) is 0 Å². The largest absolute Gasteiger partial charge is 0.461 e. The molecule has 0 bridgehead atoms. The Morgan fingerprint density at radius 1 is 1.14 bits per heavy atom. The fourth-order valence-corrected chi connectivity index (χ4v) is 5.34. The highest BCUT2D eigenvalue weighted by atomic mass is 35.5. The van der Waals surface area contributed by atoms with Crippen molar-refractivity contribution in [1.29, 1.82) is 0 Å². The van der Waals surface area contributed by atoms with Gasteiger partial charge in [0.1, 0.15) is 11.3 Å². The van der Waals surface area contributed by atoms with Crippen LogP contribution >= 0.6 is 11.6 Å². The molecule has 1 aromatic heterocycles. The molecular formula is C23H26ClNO3S. The maximum absolute atomic E-state index is 12.8. The number of furan rings is 1. The quantitative estimate of drug-likeness (QED) is 0.525. The molecule has 1 heterocycles. The van der Waals surface area contributed by atoms with E-state index in [1.165, 1.54) is 17.7 Å². The molecule has 29 heavy (non-hydrogen) atoms. The second-order valence-electron chi connectivity index (χ2n) is 9.03. The lowest BCUT2D eigenvalue weighted by Gasteiger charge is -2.33. The lowest BCUT2D eigenvalue weighted by Crippen LogP contribution is -2.26. The molecule has 1 aliphatic carbocycles. The van der Waals surface area contributed by atoms with Crippen molar-refractivity contribution in [3.63, 3.8) is 0 Å². The highest BCUT2D eigenvalue weighted by Crippen LogP contribution is 2.42. The van der Waals surface area contributed by atoms with E-state index in [-0.39, 0.29) is 10.3 Å². The van der Waals surface area contributed by atoms with E-state index in [2.05, 4.69) is 25.5 Å². The lowest BCUT2D eigenvalue weighted by atomic mass is 9.71. The topological polar surface area (TPSA) is 59.3 Å². The number of hydrogen-bond acceptors (Lipinski definition) is 3. The molecule has 0 amide bonds. The zero-order valence-corrected chi connectivity index (χ0v) is 18.7. The summed E-state index contributed by atoms with van der Waals surface area (Å²) in [5, 5.41) is 1.51. The van der Waals surface area contributed by atoms with E-state index in [0.29, 0.717) is 16.6 Å². The molecule has 154 valence electrons. The van der Waals surface area contributed by atoms with Crippen LogP contribution < -0.4 is 4.72 Å². The Bertz CT molecular complexity index is 1170. The highest BCUT2D eigenvalue weighted by molar-refractivity contribution is 7.92. The normalized spacial score (nSPS) is 17.3. The van der Waals surface area contributed by atoms with Crippen LogP contribution in [0.5, 0.6) is 0 Å². The summed E-state index contributed by atoms with van der Waals surface area (Å²) in [6.07, 6.45) is 3.00. The fourth-order valence-electron chi connectivity index (χ4n) is 4.09. The maximum atomic E-state index is 12.8. The van der Waals surface area contributed by atoms with Gasteiger partial charge < -0.3 is 4.42 Å². The lowest BCUT2D eigenvalue weighted by molar-refractivity contribution is 0.210. The van der Waals surface area contributed by atoms with Gasteiger partial charge in [-0.1, -0.05) is 32.4 Å². The smallest absolute Gasteiger partial charge is 0.261 e. The molecule has 3 aromatic rings. The van der Waals surface area contributed by atoms with Crippen LogP contribution in [-0.2, 0) is 22.9 Å². The molecule has 6 heteroatoms. The van der Waals surface area contributed by atoms with Gasteiger partial charge >= 0.3 is 0 Å². The van der Waals surface area contributed by atoms with Gasteiger partial charge in [0.25, 0.3) is 10.0 Å².